The molecule has 18 heavy (non-hydrogen) atoms. The maximum absolute atomic E-state index is 5.68. The van der Waals surface area contributed by atoms with E-state index in [2.05, 4.69) is 20.8 Å². The Hall–Kier alpha value is -1.22. The van der Waals surface area contributed by atoms with Gasteiger partial charge in [0.25, 0.3) is 0 Å². The molecule has 0 saturated carbocycles. The minimum atomic E-state index is 0.373. The number of hydrogen-bond donors (Lipinski definition) is 1. The predicted molar refractivity (Wildman–Crippen MR) is 75.7 cm³/mol. The zero-order valence-electron chi connectivity index (χ0n) is 12.1. The van der Waals surface area contributed by atoms with Crippen LogP contribution in [0.4, 0.5) is 0 Å². The minimum absolute atomic E-state index is 0.373. The lowest BCUT2D eigenvalue weighted by Gasteiger charge is -2.23. The third-order valence-electron chi connectivity index (χ3n) is 3.32. The summed E-state index contributed by atoms with van der Waals surface area (Å²) < 4.78 is 11.0. The van der Waals surface area contributed by atoms with Crippen molar-refractivity contribution in [3.05, 3.63) is 23.3 Å². The van der Waals surface area contributed by atoms with E-state index in [9.17, 15) is 0 Å². The van der Waals surface area contributed by atoms with Crippen LogP contribution in [0.5, 0.6) is 11.5 Å². The Morgan fingerprint density at radius 1 is 1.00 bits per heavy atom. The summed E-state index contributed by atoms with van der Waals surface area (Å²) in [7, 11) is 3.43. The van der Waals surface area contributed by atoms with E-state index in [1.165, 1.54) is 11.1 Å². The average Bonchev–Trinajstić information content (AvgIpc) is 2.36. The smallest absolute Gasteiger partial charge is 0.122 e. The largest absolute Gasteiger partial charge is 0.496 e. The highest BCUT2D eigenvalue weighted by atomic mass is 16.5. The van der Waals surface area contributed by atoms with Crippen molar-refractivity contribution in [2.75, 3.05) is 20.8 Å². The van der Waals surface area contributed by atoms with Gasteiger partial charge >= 0.3 is 0 Å². The number of rotatable bonds is 6. The fraction of sp³-hybridized carbons (Fsp3) is 0.600. The van der Waals surface area contributed by atoms with Crippen LogP contribution < -0.4 is 15.2 Å². The number of benzene rings is 1. The fourth-order valence-electron chi connectivity index (χ4n) is 2.45. The first-order valence-electron chi connectivity index (χ1n) is 6.51. The van der Waals surface area contributed by atoms with Gasteiger partial charge in [0.15, 0.2) is 0 Å². The minimum Gasteiger partial charge on any atom is -0.496 e. The van der Waals surface area contributed by atoms with Gasteiger partial charge in [-0.1, -0.05) is 20.8 Å². The molecular formula is C15H25NO2. The third-order valence-corrected chi connectivity index (χ3v) is 3.32. The molecule has 1 rings (SSSR count). The molecule has 1 aromatic rings. The highest BCUT2D eigenvalue weighted by Gasteiger charge is 2.21. The van der Waals surface area contributed by atoms with Crippen molar-refractivity contribution in [3.63, 3.8) is 0 Å². The molecule has 0 spiro atoms. The average molecular weight is 251 g/mol. The third kappa shape index (κ3) is 2.96. The lowest BCUT2D eigenvalue weighted by atomic mass is 9.86. The first-order chi connectivity index (χ1) is 8.56. The summed E-state index contributed by atoms with van der Waals surface area (Å²) in [6, 6.07) is 3.96. The second kappa shape index (κ2) is 6.64. The van der Waals surface area contributed by atoms with Crippen molar-refractivity contribution in [2.24, 2.45) is 5.73 Å². The maximum Gasteiger partial charge on any atom is 0.122 e. The van der Waals surface area contributed by atoms with Gasteiger partial charge in [0.1, 0.15) is 11.5 Å². The van der Waals surface area contributed by atoms with E-state index in [4.69, 9.17) is 15.2 Å². The summed E-state index contributed by atoms with van der Waals surface area (Å²) in [5.41, 5.74) is 8.15. The first kappa shape index (κ1) is 14.8. The molecule has 3 heteroatoms. The van der Waals surface area contributed by atoms with Gasteiger partial charge in [0, 0.05) is 11.1 Å². The molecule has 0 amide bonds. The molecule has 0 heterocycles. The van der Waals surface area contributed by atoms with E-state index in [0.717, 1.165) is 17.9 Å². The lowest BCUT2D eigenvalue weighted by molar-refractivity contribution is 0.388. The van der Waals surface area contributed by atoms with E-state index < -0.39 is 0 Å². The number of nitrogens with two attached hydrogens (primary N) is 1. The molecule has 0 saturated heterocycles. The summed E-state index contributed by atoms with van der Waals surface area (Å²) in [5.74, 6) is 2.63. The van der Waals surface area contributed by atoms with Crippen LogP contribution in [0.25, 0.3) is 0 Å². The Morgan fingerprint density at radius 2 is 1.50 bits per heavy atom. The van der Waals surface area contributed by atoms with Crippen LogP contribution >= 0.6 is 0 Å². The van der Waals surface area contributed by atoms with Crippen molar-refractivity contribution >= 4 is 0 Å². The molecule has 0 radical (unpaired) electrons. The molecule has 3 nitrogen and oxygen atoms in total. The van der Waals surface area contributed by atoms with Crippen LogP contribution in [-0.4, -0.2) is 20.8 Å². The number of ether oxygens (including phenoxy) is 2. The van der Waals surface area contributed by atoms with Crippen LogP contribution in [0.3, 0.4) is 0 Å². The van der Waals surface area contributed by atoms with Gasteiger partial charge in [-0.05, 0) is 36.9 Å². The monoisotopic (exact) mass is 251 g/mol. The maximum atomic E-state index is 5.68. The molecule has 0 bridgehead atoms. The summed E-state index contributed by atoms with van der Waals surface area (Å²) in [5, 5.41) is 0. The Bertz CT molecular complexity index is 388. The van der Waals surface area contributed by atoms with Gasteiger partial charge in [-0.25, -0.2) is 0 Å². The van der Waals surface area contributed by atoms with E-state index in [1.54, 1.807) is 14.2 Å². The van der Waals surface area contributed by atoms with Crippen LogP contribution in [0.2, 0.25) is 0 Å². The lowest BCUT2D eigenvalue weighted by Crippen LogP contribution is -2.10. The zero-order valence-corrected chi connectivity index (χ0v) is 12.1. The van der Waals surface area contributed by atoms with Crippen LogP contribution in [0.1, 0.15) is 50.2 Å². The molecule has 0 aliphatic rings. The SMILES string of the molecule is COc1ccc(OC)c(C(C)CCN)c1C(C)C. The Kier molecular flexibility index (Phi) is 5.48. The standard InChI is InChI=1S/C15H25NO2/c1-10(2)14-12(17-4)6-7-13(18-5)15(14)11(3)8-9-16/h6-7,10-11H,8-9,16H2,1-5H3. The van der Waals surface area contributed by atoms with E-state index >= 15 is 0 Å². The van der Waals surface area contributed by atoms with Gasteiger partial charge < -0.3 is 15.2 Å². The fourth-order valence-corrected chi connectivity index (χ4v) is 2.45. The normalized spacial score (nSPS) is 12.6. The zero-order chi connectivity index (χ0) is 13.7. The summed E-state index contributed by atoms with van der Waals surface area (Å²) >= 11 is 0. The molecule has 102 valence electrons. The van der Waals surface area contributed by atoms with Gasteiger partial charge in [0.2, 0.25) is 0 Å². The molecule has 0 aromatic heterocycles. The summed E-state index contributed by atoms with van der Waals surface area (Å²) in [4.78, 5) is 0. The molecule has 0 aliphatic heterocycles. The second-order valence-corrected chi connectivity index (χ2v) is 4.93. The predicted octanol–water partition coefficient (Wildman–Crippen LogP) is 3.28. The molecular weight excluding hydrogens is 226 g/mol. The van der Waals surface area contributed by atoms with E-state index in [0.29, 0.717) is 18.4 Å². The van der Waals surface area contributed by atoms with Crippen molar-refractivity contribution in [1.29, 1.82) is 0 Å². The second-order valence-electron chi connectivity index (χ2n) is 4.93. The van der Waals surface area contributed by atoms with Crippen molar-refractivity contribution in [3.8, 4) is 11.5 Å². The number of methoxy groups -OCH3 is 2. The molecule has 0 fully saturated rings. The van der Waals surface area contributed by atoms with Crippen LogP contribution in [0, 0.1) is 0 Å². The molecule has 0 aliphatic carbocycles. The highest BCUT2D eigenvalue weighted by molar-refractivity contribution is 5.52. The Balaban J connectivity index is 3.39. The first-order valence-corrected chi connectivity index (χ1v) is 6.51. The van der Waals surface area contributed by atoms with Crippen LogP contribution in [-0.2, 0) is 0 Å². The highest BCUT2D eigenvalue weighted by Crippen LogP contribution is 2.40. The molecule has 1 atom stereocenters. The van der Waals surface area contributed by atoms with E-state index in [1.807, 2.05) is 12.1 Å². The van der Waals surface area contributed by atoms with Crippen molar-refractivity contribution < 1.29 is 9.47 Å². The quantitative estimate of drug-likeness (QED) is 0.844. The van der Waals surface area contributed by atoms with Gasteiger partial charge in [-0.15, -0.1) is 0 Å². The van der Waals surface area contributed by atoms with Gasteiger partial charge in [0.05, 0.1) is 14.2 Å². The Morgan fingerprint density at radius 3 is 1.89 bits per heavy atom. The van der Waals surface area contributed by atoms with Gasteiger partial charge in [-0.3, -0.25) is 0 Å². The topological polar surface area (TPSA) is 44.5 Å². The Labute approximate surface area is 110 Å². The summed E-state index contributed by atoms with van der Waals surface area (Å²) in [6.45, 7) is 7.22. The summed E-state index contributed by atoms with van der Waals surface area (Å²) in [6.07, 6.45) is 0.948. The van der Waals surface area contributed by atoms with Crippen LogP contribution in [0.15, 0.2) is 12.1 Å². The van der Waals surface area contributed by atoms with Gasteiger partial charge in [-0.2, -0.15) is 0 Å². The molecule has 1 unspecified atom stereocenters. The van der Waals surface area contributed by atoms with Crippen molar-refractivity contribution in [2.45, 2.75) is 39.0 Å². The number of hydrogen-bond acceptors (Lipinski definition) is 3. The molecule has 2 N–H and O–H groups in total. The van der Waals surface area contributed by atoms with E-state index in [-0.39, 0.29) is 0 Å². The van der Waals surface area contributed by atoms with Crippen molar-refractivity contribution in [1.82, 2.24) is 0 Å². The molecule has 1 aromatic carbocycles.